The van der Waals surface area contributed by atoms with Crippen molar-refractivity contribution in [3.8, 4) is 10.4 Å². The van der Waals surface area contributed by atoms with Crippen LogP contribution in [0, 0.1) is 0 Å². The highest BCUT2D eigenvalue weighted by atomic mass is 32.1. The van der Waals surface area contributed by atoms with Gasteiger partial charge in [0.25, 0.3) is 5.91 Å². The SMILES string of the molecule is C[Si](C)(C)Cn1cc(CN(Cc2ccc(C(=O)Nc3cc(-c4cccs4)ccc3N)cc2)C(=O)O)nn1. The number of nitrogens with one attached hydrogen (secondary N) is 1. The van der Waals surface area contributed by atoms with E-state index in [1.54, 1.807) is 52.5 Å². The number of nitrogens with two attached hydrogens (primary N) is 1. The fraction of sp³-hybridized carbons (Fsp3) is 0.231. The minimum Gasteiger partial charge on any atom is -0.465 e. The molecule has 0 fully saturated rings. The number of carbonyl (C=O) groups excluding carboxylic acids is 1. The zero-order chi connectivity index (χ0) is 26.6. The molecule has 2 amide bonds. The molecule has 37 heavy (non-hydrogen) atoms. The van der Waals surface area contributed by atoms with Gasteiger partial charge >= 0.3 is 6.09 Å². The number of hydrogen-bond acceptors (Lipinski definition) is 6. The summed E-state index contributed by atoms with van der Waals surface area (Å²) in [6.07, 6.45) is 1.57. The molecule has 2 aromatic heterocycles. The number of carbonyl (C=O) groups is 2. The van der Waals surface area contributed by atoms with Crippen LogP contribution >= 0.6 is 11.3 Å². The van der Waals surface area contributed by atoms with Crippen molar-refractivity contribution in [3.63, 3.8) is 0 Å². The topological polar surface area (TPSA) is 126 Å². The van der Waals surface area contributed by atoms with Gasteiger partial charge in [-0.15, -0.1) is 16.4 Å². The van der Waals surface area contributed by atoms with Crippen molar-refractivity contribution in [3.05, 3.63) is 83.0 Å². The van der Waals surface area contributed by atoms with Gasteiger partial charge in [-0.1, -0.05) is 49.1 Å². The van der Waals surface area contributed by atoms with Crippen LogP contribution in [-0.4, -0.2) is 45.1 Å². The van der Waals surface area contributed by atoms with Crippen LogP contribution in [0.5, 0.6) is 0 Å². The molecule has 0 aliphatic rings. The Bertz CT molecular complexity index is 1380. The van der Waals surface area contributed by atoms with Crippen LogP contribution in [0.3, 0.4) is 0 Å². The second kappa shape index (κ2) is 11.0. The molecule has 4 N–H and O–H groups in total. The molecule has 0 aliphatic heterocycles. The molecule has 9 nitrogen and oxygen atoms in total. The van der Waals surface area contributed by atoms with Gasteiger partial charge in [-0.05, 0) is 46.8 Å². The zero-order valence-electron chi connectivity index (χ0n) is 21.0. The normalized spacial score (nSPS) is 11.3. The van der Waals surface area contributed by atoms with Crippen LogP contribution in [0.4, 0.5) is 16.2 Å². The number of anilines is 2. The van der Waals surface area contributed by atoms with Crippen LogP contribution in [0.2, 0.25) is 19.6 Å². The van der Waals surface area contributed by atoms with E-state index in [4.69, 9.17) is 5.73 Å². The number of hydrogen-bond donors (Lipinski definition) is 3. The Labute approximate surface area is 220 Å². The summed E-state index contributed by atoms with van der Waals surface area (Å²) in [5.41, 5.74) is 9.88. The minimum absolute atomic E-state index is 0.128. The number of nitrogens with zero attached hydrogens (tertiary/aromatic N) is 4. The highest BCUT2D eigenvalue weighted by Gasteiger charge is 2.18. The number of benzene rings is 2. The molecular weight excluding hydrogens is 504 g/mol. The van der Waals surface area contributed by atoms with Crippen LogP contribution in [-0.2, 0) is 19.3 Å². The lowest BCUT2D eigenvalue weighted by atomic mass is 10.1. The quantitative estimate of drug-likeness (QED) is 0.195. The summed E-state index contributed by atoms with van der Waals surface area (Å²) < 4.78 is 1.79. The molecule has 4 aromatic rings. The summed E-state index contributed by atoms with van der Waals surface area (Å²) in [6.45, 7) is 6.99. The summed E-state index contributed by atoms with van der Waals surface area (Å²) in [5.74, 6) is -0.296. The smallest absolute Gasteiger partial charge is 0.407 e. The van der Waals surface area contributed by atoms with Gasteiger partial charge in [-0.2, -0.15) is 0 Å². The van der Waals surface area contributed by atoms with Gasteiger partial charge < -0.3 is 16.2 Å². The molecule has 0 bridgehead atoms. The Hall–Kier alpha value is -3.96. The number of nitrogen functional groups attached to an aromatic ring is 1. The lowest BCUT2D eigenvalue weighted by Gasteiger charge is -2.18. The molecule has 0 aliphatic carbocycles. The highest BCUT2D eigenvalue weighted by Crippen LogP contribution is 2.30. The third kappa shape index (κ3) is 7.05. The minimum atomic E-state index is -1.37. The van der Waals surface area contributed by atoms with Gasteiger partial charge in [0.1, 0.15) is 5.69 Å². The predicted octanol–water partition coefficient (Wildman–Crippen LogP) is 5.40. The number of amides is 2. The lowest BCUT2D eigenvalue weighted by molar-refractivity contribution is 0.102. The average molecular weight is 535 g/mol. The molecule has 2 aromatic carbocycles. The molecule has 192 valence electrons. The van der Waals surface area contributed by atoms with E-state index >= 15 is 0 Å². The molecular formula is C26H30N6O3SSi. The Morgan fingerprint density at radius 1 is 1.11 bits per heavy atom. The first kappa shape index (κ1) is 26.1. The molecule has 0 atom stereocenters. The van der Waals surface area contributed by atoms with Gasteiger partial charge in [0.2, 0.25) is 0 Å². The van der Waals surface area contributed by atoms with E-state index in [2.05, 4.69) is 35.3 Å². The van der Waals surface area contributed by atoms with E-state index in [1.807, 2.05) is 29.6 Å². The summed E-state index contributed by atoms with van der Waals surface area (Å²) in [7, 11) is -1.37. The van der Waals surface area contributed by atoms with Gasteiger partial charge in [0.15, 0.2) is 0 Å². The van der Waals surface area contributed by atoms with E-state index in [0.717, 1.165) is 22.2 Å². The average Bonchev–Trinajstić information content (AvgIpc) is 3.52. The van der Waals surface area contributed by atoms with Crippen molar-refractivity contribution >= 4 is 42.8 Å². The Morgan fingerprint density at radius 2 is 1.86 bits per heavy atom. The van der Waals surface area contributed by atoms with Crippen LogP contribution < -0.4 is 11.1 Å². The van der Waals surface area contributed by atoms with E-state index < -0.39 is 14.2 Å². The summed E-state index contributed by atoms with van der Waals surface area (Å²) in [5, 5.41) is 22.9. The number of thiophene rings is 1. The molecule has 11 heteroatoms. The second-order valence-corrected chi connectivity index (χ2v) is 16.4. The maximum atomic E-state index is 12.9. The molecule has 0 spiro atoms. The summed E-state index contributed by atoms with van der Waals surface area (Å²) >= 11 is 1.61. The zero-order valence-corrected chi connectivity index (χ0v) is 22.8. The van der Waals surface area contributed by atoms with Crippen molar-refractivity contribution < 1.29 is 14.7 Å². The first-order valence-electron chi connectivity index (χ1n) is 11.8. The first-order valence-corrected chi connectivity index (χ1v) is 16.4. The summed E-state index contributed by atoms with van der Waals surface area (Å²) in [6, 6.07) is 16.4. The highest BCUT2D eigenvalue weighted by molar-refractivity contribution is 7.13. The van der Waals surface area contributed by atoms with E-state index in [9.17, 15) is 14.7 Å². The van der Waals surface area contributed by atoms with Crippen molar-refractivity contribution in [2.45, 2.75) is 38.9 Å². The molecule has 2 heterocycles. The number of carboxylic acid groups (broad SMARTS) is 1. The van der Waals surface area contributed by atoms with Crippen molar-refractivity contribution in [2.24, 2.45) is 0 Å². The van der Waals surface area contributed by atoms with Gasteiger partial charge in [0.05, 0.1) is 26.0 Å². The molecule has 0 radical (unpaired) electrons. The van der Waals surface area contributed by atoms with Crippen molar-refractivity contribution in [2.75, 3.05) is 11.1 Å². The Kier molecular flexibility index (Phi) is 7.74. The Morgan fingerprint density at radius 3 is 2.51 bits per heavy atom. The molecule has 0 saturated carbocycles. The fourth-order valence-electron chi connectivity index (χ4n) is 3.80. The van der Waals surface area contributed by atoms with Gasteiger partial charge in [0, 0.05) is 29.4 Å². The predicted molar refractivity (Wildman–Crippen MR) is 149 cm³/mol. The second-order valence-electron chi connectivity index (χ2n) is 10.0. The third-order valence-corrected chi connectivity index (χ3v) is 7.73. The van der Waals surface area contributed by atoms with E-state index in [1.165, 1.54) is 4.90 Å². The van der Waals surface area contributed by atoms with Crippen molar-refractivity contribution in [1.29, 1.82) is 0 Å². The molecule has 0 saturated heterocycles. The van der Waals surface area contributed by atoms with Crippen LogP contribution in [0.1, 0.15) is 21.6 Å². The standard InChI is InChI=1S/C26H30N6O3SSi/c1-37(2,3)17-32-16-21(29-30-32)15-31(26(34)35)14-18-6-8-19(9-7-18)25(33)28-23-13-20(10-11-22(23)27)24-5-4-12-36-24/h4-13,16H,14-15,17,27H2,1-3H3,(H,28,33)(H,34,35). The first-order chi connectivity index (χ1) is 17.6. The maximum absolute atomic E-state index is 12.9. The molecule has 4 rings (SSSR count). The maximum Gasteiger partial charge on any atom is 0.407 e. The van der Waals surface area contributed by atoms with Gasteiger partial charge in [-0.25, -0.2) is 4.79 Å². The lowest BCUT2D eigenvalue weighted by Crippen LogP contribution is -2.29. The van der Waals surface area contributed by atoms with Crippen LogP contribution in [0.25, 0.3) is 10.4 Å². The fourth-order valence-corrected chi connectivity index (χ4v) is 5.65. The molecule has 0 unspecified atom stereocenters. The van der Waals surface area contributed by atoms with Crippen molar-refractivity contribution in [1.82, 2.24) is 19.9 Å². The van der Waals surface area contributed by atoms with E-state index in [0.29, 0.717) is 22.6 Å². The number of rotatable bonds is 9. The van der Waals surface area contributed by atoms with E-state index in [-0.39, 0.29) is 19.0 Å². The summed E-state index contributed by atoms with van der Waals surface area (Å²) in [4.78, 5) is 27.1. The number of aromatic nitrogens is 3. The van der Waals surface area contributed by atoms with Gasteiger partial charge in [-0.3, -0.25) is 14.4 Å². The monoisotopic (exact) mass is 534 g/mol. The third-order valence-electron chi connectivity index (χ3n) is 5.54. The van der Waals surface area contributed by atoms with Crippen LogP contribution in [0.15, 0.2) is 66.2 Å². The Balaban J connectivity index is 1.40. The largest absolute Gasteiger partial charge is 0.465 e.